The number of carbonyl (C=O) groups excluding carboxylic acids is 1. The highest BCUT2D eigenvalue weighted by Gasteiger charge is 2.10. The van der Waals surface area contributed by atoms with Gasteiger partial charge in [-0.3, -0.25) is 10.1 Å². The summed E-state index contributed by atoms with van der Waals surface area (Å²) in [6, 6.07) is 18.1. The molecule has 2 heterocycles. The van der Waals surface area contributed by atoms with E-state index in [1.165, 1.54) is 16.9 Å². The van der Waals surface area contributed by atoms with Crippen LogP contribution in [0.2, 0.25) is 0 Å². The number of nitrogens with zero attached hydrogens (tertiary/aromatic N) is 2. The molecule has 0 aliphatic heterocycles. The van der Waals surface area contributed by atoms with Crippen molar-refractivity contribution in [1.29, 1.82) is 0 Å². The minimum Gasteiger partial charge on any atom is -0.343 e. The Morgan fingerprint density at radius 2 is 2.00 bits per heavy atom. The van der Waals surface area contributed by atoms with Gasteiger partial charge in [-0.05, 0) is 29.8 Å². The fraction of sp³-hybridized carbons (Fsp3) is 0.0526. The predicted molar refractivity (Wildman–Crippen MR) is 97.5 cm³/mol. The number of hydrogen-bond acceptors (Lipinski definition) is 3. The minimum atomic E-state index is -0.136. The van der Waals surface area contributed by atoms with E-state index in [1.54, 1.807) is 6.20 Å². The average molecular weight is 333 g/mol. The highest BCUT2D eigenvalue weighted by atomic mass is 32.1. The number of fused-ring (bicyclic) bond motifs is 1. The number of nitrogens with one attached hydrogen (secondary N) is 1. The molecule has 118 valence electrons. The summed E-state index contributed by atoms with van der Waals surface area (Å²) in [5.41, 5.74) is 3.00. The second kappa shape index (κ2) is 6.29. The number of anilines is 1. The van der Waals surface area contributed by atoms with Crippen LogP contribution in [0, 0.1) is 0 Å². The fourth-order valence-electron chi connectivity index (χ4n) is 2.71. The Morgan fingerprint density at radius 3 is 2.79 bits per heavy atom. The first-order chi connectivity index (χ1) is 11.8. The molecule has 1 amide bonds. The number of thiazole rings is 1. The van der Waals surface area contributed by atoms with Crippen molar-refractivity contribution in [3.05, 3.63) is 83.5 Å². The summed E-state index contributed by atoms with van der Waals surface area (Å²) in [5, 5.41) is 6.31. The van der Waals surface area contributed by atoms with Gasteiger partial charge >= 0.3 is 0 Å². The maximum Gasteiger partial charge on any atom is 0.257 e. The molecular weight excluding hydrogens is 318 g/mol. The van der Waals surface area contributed by atoms with Gasteiger partial charge in [0.05, 0.1) is 0 Å². The average Bonchev–Trinajstić information content (AvgIpc) is 3.25. The standard InChI is InChI=1S/C19H15N3OS/c23-18(21-19-20-9-11-24-19)16-6-7-17-15(12-16)8-10-22(17)13-14-4-2-1-3-5-14/h1-12H,13H2,(H,20,21,23). The fourth-order valence-corrected chi connectivity index (χ4v) is 3.24. The van der Waals surface area contributed by atoms with Gasteiger partial charge in [-0.1, -0.05) is 30.3 Å². The molecule has 5 heteroatoms. The Morgan fingerprint density at radius 1 is 1.12 bits per heavy atom. The maximum atomic E-state index is 12.3. The second-order valence-corrected chi connectivity index (χ2v) is 6.39. The highest BCUT2D eigenvalue weighted by Crippen LogP contribution is 2.20. The molecule has 1 N–H and O–H groups in total. The molecule has 2 aromatic heterocycles. The van der Waals surface area contributed by atoms with Gasteiger partial charge in [-0.15, -0.1) is 11.3 Å². The molecular formula is C19H15N3OS. The van der Waals surface area contributed by atoms with Crippen molar-refractivity contribution < 1.29 is 4.79 Å². The van der Waals surface area contributed by atoms with Gasteiger partial charge in [0.15, 0.2) is 5.13 Å². The normalized spacial score (nSPS) is 10.8. The van der Waals surface area contributed by atoms with E-state index in [9.17, 15) is 4.79 Å². The van der Waals surface area contributed by atoms with E-state index in [2.05, 4.69) is 33.2 Å². The second-order valence-electron chi connectivity index (χ2n) is 5.49. The topological polar surface area (TPSA) is 46.9 Å². The summed E-state index contributed by atoms with van der Waals surface area (Å²) in [6.07, 6.45) is 3.73. The molecule has 0 radical (unpaired) electrons. The van der Waals surface area contributed by atoms with E-state index in [0.717, 1.165) is 17.4 Å². The van der Waals surface area contributed by atoms with Gasteiger partial charge < -0.3 is 4.57 Å². The van der Waals surface area contributed by atoms with Crippen LogP contribution in [0.4, 0.5) is 5.13 Å². The molecule has 24 heavy (non-hydrogen) atoms. The van der Waals surface area contributed by atoms with Crippen LogP contribution in [-0.4, -0.2) is 15.5 Å². The quantitative estimate of drug-likeness (QED) is 0.602. The molecule has 0 fully saturated rings. The Bertz CT molecular complexity index is 974. The minimum absolute atomic E-state index is 0.136. The van der Waals surface area contributed by atoms with Crippen LogP contribution in [0.25, 0.3) is 10.9 Å². The van der Waals surface area contributed by atoms with Crippen molar-refractivity contribution in [2.75, 3.05) is 5.32 Å². The summed E-state index contributed by atoms with van der Waals surface area (Å²) >= 11 is 1.41. The van der Waals surface area contributed by atoms with Gasteiger partial charge in [0.1, 0.15) is 0 Å². The van der Waals surface area contributed by atoms with E-state index in [0.29, 0.717) is 10.7 Å². The molecule has 4 nitrogen and oxygen atoms in total. The van der Waals surface area contributed by atoms with Crippen LogP contribution in [0.5, 0.6) is 0 Å². The number of benzene rings is 2. The van der Waals surface area contributed by atoms with Crippen molar-refractivity contribution in [2.45, 2.75) is 6.54 Å². The van der Waals surface area contributed by atoms with Crippen LogP contribution in [0.15, 0.2) is 72.4 Å². The number of amides is 1. The Kier molecular flexibility index (Phi) is 3.84. The van der Waals surface area contributed by atoms with Crippen LogP contribution in [0.3, 0.4) is 0 Å². The Balaban J connectivity index is 1.59. The SMILES string of the molecule is O=C(Nc1nccs1)c1ccc2c(ccn2Cc2ccccc2)c1. The summed E-state index contributed by atoms with van der Waals surface area (Å²) in [4.78, 5) is 16.4. The number of aromatic nitrogens is 2. The zero-order valence-electron chi connectivity index (χ0n) is 12.8. The molecule has 0 spiro atoms. The van der Waals surface area contributed by atoms with Crippen molar-refractivity contribution >= 4 is 33.3 Å². The van der Waals surface area contributed by atoms with Gasteiger partial charge in [0, 0.05) is 40.8 Å². The van der Waals surface area contributed by atoms with Crippen LogP contribution < -0.4 is 5.32 Å². The first-order valence-electron chi connectivity index (χ1n) is 7.63. The van der Waals surface area contributed by atoms with Gasteiger partial charge in [-0.25, -0.2) is 4.98 Å². The largest absolute Gasteiger partial charge is 0.343 e. The lowest BCUT2D eigenvalue weighted by Crippen LogP contribution is -2.11. The monoisotopic (exact) mass is 333 g/mol. The third kappa shape index (κ3) is 2.94. The molecule has 0 saturated heterocycles. The number of carbonyl (C=O) groups is 1. The van der Waals surface area contributed by atoms with Crippen LogP contribution >= 0.6 is 11.3 Å². The predicted octanol–water partition coefficient (Wildman–Crippen LogP) is 4.40. The Hall–Kier alpha value is -2.92. The summed E-state index contributed by atoms with van der Waals surface area (Å²) in [7, 11) is 0. The molecule has 0 aliphatic carbocycles. The molecule has 0 saturated carbocycles. The first-order valence-corrected chi connectivity index (χ1v) is 8.51. The van der Waals surface area contributed by atoms with E-state index >= 15 is 0 Å². The van der Waals surface area contributed by atoms with Gasteiger partial charge in [0.2, 0.25) is 0 Å². The molecule has 0 unspecified atom stereocenters. The van der Waals surface area contributed by atoms with Crippen LogP contribution in [-0.2, 0) is 6.54 Å². The first kappa shape index (κ1) is 14.7. The Labute approximate surface area is 143 Å². The number of rotatable bonds is 4. The summed E-state index contributed by atoms with van der Waals surface area (Å²) < 4.78 is 2.19. The van der Waals surface area contributed by atoms with Gasteiger partial charge in [0.25, 0.3) is 5.91 Å². The van der Waals surface area contributed by atoms with Crippen molar-refractivity contribution in [1.82, 2.24) is 9.55 Å². The van der Waals surface area contributed by atoms with E-state index < -0.39 is 0 Å². The van der Waals surface area contributed by atoms with E-state index in [4.69, 9.17) is 0 Å². The van der Waals surface area contributed by atoms with Gasteiger partial charge in [-0.2, -0.15) is 0 Å². The number of hydrogen-bond donors (Lipinski definition) is 1. The lowest BCUT2D eigenvalue weighted by molar-refractivity contribution is 0.102. The maximum absolute atomic E-state index is 12.3. The molecule has 4 rings (SSSR count). The summed E-state index contributed by atoms with van der Waals surface area (Å²) in [6.45, 7) is 0.814. The molecule has 2 aromatic carbocycles. The zero-order valence-corrected chi connectivity index (χ0v) is 13.7. The third-order valence-corrected chi connectivity index (χ3v) is 4.57. The summed E-state index contributed by atoms with van der Waals surface area (Å²) in [5.74, 6) is -0.136. The van der Waals surface area contributed by atoms with Crippen LogP contribution in [0.1, 0.15) is 15.9 Å². The lowest BCUT2D eigenvalue weighted by Gasteiger charge is -2.07. The molecule has 0 atom stereocenters. The molecule has 0 aliphatic rings. The molecule has 0 bridgehead atoms. The van der Waals surface area contributed by atoms with E-state index in [1.807, 2.05) is 47.8 Å². The third-order valence-electron chi connectivity index (χ3n) is 3.88. The van der Waals surface area contributed by atoms with E-state index in [-0.39, 0.29) is 5.91 Å². The highest BCUT2D eigenvalue weighted by molar-refractivity contribution is 7.13. The lowest BCUT2D eigenvalue weighted by atomic mass is 10.1. The smallest absolute Gasteiger partial charge is 0.257 e. The molecule has 4 aromatic rings. The van der Waals surface area contributed by atoms with Crippen molar-refractivity contribution in [3.8, 4) is 0 Å². The van der Waals surface area contributed by atoms with Crippen molar-refractivity contribution in [2.24, 2.45) is 0 Å². The van der Waals surface area contributed by atoms with Crippen molar-refractivity contribution in [3.63, 3.8) is 0 Å². The zero-order chi connectivity index (χ0) is 16.4.